The SMILES string of the molecule is CC1(C)CNC(=O)c2nc(C3CCOCC3)[nH]c2C1. The Balaban J connectivity index is 1.90. The number of carbonyl (C=O) groups excluding carboxylic acids is 1. The van der Waals surface area contributed by atoms with E-state index in [1.54, 1.807) is 0 Å². The molecule has 2 aliphatic heterocycles. The van der Waals surface area contributed by atoms with Crippen LogP contribution in [0.25, 0.3) is 0 Å². The van der Waals surface area contributed by atoms with E-state index in [0.29, 0.717) is 18.2 Å². The maximum absolute atomic E-state index is 12.1. The number of hydrogen-bond acceptors (Lipinski definition) is 3. The summed E-state index contributed by atoms with van der Waals surface area (Å²) >= 11 is 0. The molecule has 104 valence electrons. The summed E-state index contributed by atoms with van der Waals surface area (Å²) in [5, 5.41) is 2.96. The summed E-state index contributed by atoms with van der Waals surface area (Å²) < 4.78 is 5.38. The van der Waals surface area contributed by atoms with Crippen LogP contribution < -0.4 is 5.32 Å². The number of ether oxygens (including phenoxy) is 1. The van der Waals surface area contributed by atoms with E-state index in [9.17, 15) is 4.79 Å². The molecule has 0 unspecified atom stereocenters. The Bertz CT molecular complexity index is 487. The third-order valence-corrected chi connectivity index (χ3v) is 4.00. The van der Waals surface area contributed by atoms with E-state index in [4.69, 9.17) is 4.74 Å². The van der Waals surface area contributed by atoms with Crippen LogP contribution in [-0.2, 0) is 11.2 Å². The van der Waals surface area contributed by atoms with E-state index in [2.05, 4.69) is 29.1 Å². The summed E-state index contributed by atoms with van der Waals surface area (Å²) in [6, 6.07) is 0. The van der Waals surface area contributed by atoms with Crippen LogP contribution >= 0.6 is 0 Å². The molecule has 0 bridgehead atoms. The van der Waals surface area contributed by atoms with Gasteiger partial charge in [0.2, 0.25) is 0 Å². The number of aromatic amines is 1. The lowest BCUT2D eigenvalue weighted by Crippen LogP contribution is -2.32. The minimum atomic E-state index is -0.0462. The number of carbonyl (C=O) groups is 1. The second-order valence-electron chi connectivity index (χ2n) is 6.36. The molecule has 5 nitrogen and oxygen atoms in total. The van der Waals surface area contributed by atoms with Crippen LogP contribution in [-0.4, -0.2) is 35.6 Å². The number of hydrogen-bond donors (Lipinski definition) is 2. The Morgan fingerprint density at radius 3 is 2.79 bits per heavy atom. The van der Waals surface area contributed by atoms with E-state index in [0.717, 1.165) is 44.0 Å². The standard InChI is InChI=1S/C14H21N3O2/c1-14(2)7-10-11(13(18)15-8-14)17-12(16-10)9-3-5-19-6-4-9/h9H,3-8H2,1-2H3,(H,15,18)(H,16,17). The smallest absolute Gasteiger partial charge is 0.271 e. The van der Waals surface area contributed by atoms with Crippen molar-refractivity contribution in [3.63, 3.8) is 0 Å². The van der Waals surface area contributed by atoms with Crippen molar-refractivity contribution in [1.82, 2.24) is 15.3 Å². The van der Waals surface area contributed by atoms with Crippen molar-refractivity contribution < 1.29 is 9.53 Å². The van der Waals surface area contributed by atoms with Crippen molar-refractivity contribution in [3.05, 3.63) is 17.2 Å². The maximum atomic E-state index is 12.1. The van der Waals surface area contributed by atoms with E-state index in [1.807, 2.05) is 0 Å². The second-order valence-corrected chi connectivity index (χ2v) is 6.36. The van der Waals surface area contributed by atoms with Crippen LogP contribution in [0.4, 0.5) is 0 Å². The van der Waals surface area contributed by atoms with Crippen LogP contribution in [0.1, 0.15) is 54.6 Å². The molecule has 3 heterocycles. The average Bonchev–Trinajstić information content (AvgIpc) is 2.76. The van der Waals surface area contributed by atoms with Crippen molar-refractivity contribution >= 4 is 5.91 Å². The van der Waals surface area contributed by atoms with Gasteiger partial charge >= 0.3 is 0 Å². The molecule has 0 spiro atoms. The Morgan fingerprint density at radius 1 is 1.32 bits per heavy atom. The number of H-pyrrole nitrogens is 1. The molecule has 19 heavy (non-hydrogen) atoms. The minimum Gasteiger partial charge on any atom is -0.381 e. The van der Waals surface area contributed by atoms with Gasteiger partial charge in [0.15, 0.2) is 0 Å². The predicted molar refractivity (Wildman–Crippen MR) is 71.2 cm³/mol. The van der Waals surface area contributed by atoms with E-state index >= 15 is 0 Å². The zero-order valence-electron chi connectivity index (χ0n) is 11.6. The Kier molecular flexibility index (Phi) is 3.09. The average molecular weight is 263 g/mol. The topological polar surface area (TPSA) is 67.0 Å². The highest BCUT2D eigenvalue weighted by atomic mass is 16.5. The van der Waals surface area contributed by atoms with Gasteiger partial charge < -0.3 is 15.0 Å². The van der Waals surface area contributed by atoms with E-state index in [1.165, 1.54) is 0 Å². The summed E-state index contributed by atoms with van der Waals surface area (Å²) in [6.45, 7) is 6.60. The van der Waals surface area contributed by atoms with Crippen molar-refractivity contribution in [2.45, 2.75) is 39.0 Å². The molecule has 0 aliphatic carbocycles. The lowest BCUT2D eigenvalue weighted by molar-refractivity contribution is 0.0836. The highest BCUT2D eigenvalue weighted by Crippen LogP contribution is 2.29. The quantitative estimate of drug-likeness (QED) is 0.809. The third kappa shape index (κ3) is 2.52. The third-order valence-electron chi connectivity index (χ3n) is 4.00. The van der Waals surface area contributed by atoms with Crippen LogP contribution in [0.15, 0.2) is 0 Å². The highest BCUT2D eigenvalue weighted by molar-refractivity contribution is 5.94. The number of rotatable bonds is 1. The first-order valence-corrected chi connectivity index (χ1v) is 7.00. The Labute approximate surface area is 113 Å². The number of nitrogens with one attached hydrogen (secondary N) is 2. The second kappa shape index (κ2) is 4.63. The summed E-state index contributed by atoms with van der Waals surface area (Å²) in [5.41, 5.74) is 1.65. The molecule has 0 saturated carbocycles. The minimum absolute atomic E-state index is 0.0462. The first-order valence-electron chi connectivity index (χ1n) is 7.00. The van der Waals surface area contributed by atoms with Gasteiger partial charge in [-0.15, -0.1) is 0 Å². The van der Waals surface area contributed by atoms with Gasteiger partial charge in [-0.05, 0) is 24.7 Å². The highest BCUT2D eigenvalue weighted by Gasteiger charge is 2.31. The molecule has 5 heteroatoms. The Hall–Kier alpha value is -1.36. The summed E-state index contributed by atoms with van der Waals surface area (Å²) in [7, 11) is 0. The Morgan fingerprint density at radius 2 is 2.05 bits per heavy atom. The fraction of sp³-hybridized carbons (Fsp3) is 0.714. The largest absolute Gasteiger partial charge is 0.381 e. The van der Waals surface area contributed by atoms with Crippen LogP contribution in [0.3, 0.4) is 0 Å². The molecule has 1 fully saturated rings. The van der Waals surface area contributed by atoms with E-state index < -0.39 is 0 Å². The van der Waals surface area contributed by atoms with Gasteiger partial charge in [0.1, 0.15) is 11.5 Å². The molecule has 1 amide bonds. The van der Waals surface area contributed by atoms with Crippen molar-refractivity contribution in [1.29, 1.82) is 0 Å². The van der Waals surface area contributed by atoms with Gasteiger partial charge in [0.25, 0.3) is 5.91 Å². The number of aromatic nitrogens is 2. The molecule has 1 saturated heterocycles. The van der Waals surface area contributed by atoms with Crippen molar-refractivity contribution in [2.24, 2.45) is 5.41 Å². The molecule has 0 radical (unpaired) electrons. The fourth-order valence-corrected chi connectivity index (χ4v) is 2.85. The zero-order chi connectivity index (χ0) is 13.5. The molecular weight excluding hydrogens is 242 g/mol. The lowest BCUT2D eigenvalue weighted by atomic mass is 9.88. The molecule has 0 aromatic carbocycles. The molecular formula is C14H21N3O2. The molecule has 2 N–H and O–H groups in total. The summed E-state index contributed by atoms with van der Waals surface area (Å²) in [5.74, 6) is 1.31. The van der Waals surface area contributed by atoms with Crippen LogP contribution in [0, 0.1) is 5.41 Å². The summed E-state index contributed by atoms with van der Waals surface area (Å²) in [6.07, 6.45) is 2.83. The first kappa shape index (κ1) is 12.7. The monoisotopic (exact) mass is 263 g/mol. The first-order chi connectivity index (χ1) is 9.05. The van der Waals surface area contributed by atoms with Crippen LogP contribution in [0.2, 0.25) is 0 Å². The predicted octanol–water partition coefficient (Wildman–Crippen LogP) is 1.62. The van der Waals surface area contributed by atoms with E-state index in [-0.39, 0.29) is 11.3 Å². The van der Waals surface area contributed by atoms with Gasteiger partial charge in [-0.3, -0.25) is 4.79 Å². The normalized spacial score (nSPS) is 23.6. The number of imidazole rings is 1. The van der Waals surface area contributed by atoms with Gasteiger partial charge in [-0.25, -0.2) is 4.98 Å². The molecule has 1 aromatic rings. The van der Waals surface area contributed by atoms with Gasteiger partial charge in [-0.2, -0.15) is 0 Å². The fourth-order valence-electron chi connectivity index (χ4n) is 2.85. The van der Waals surface area contributed by atoms with Gasteiger partial charge in [0.05, 0.1) is 0 Å². The van der Waals surface area contributed by atoms with Crippen LogP contribution in [0.5, 0.6) is 0 Å². The number of fused-ring (bicyclic) bond motifs is 1. The molecule has 1 aromatic heterocycles. The lowest BCUT2D eigenvalue weighted by Gasteiger charge is -2.22. The maximum Gasteiger partial charge on any atom is 0.271 e. The van der Waals surface area contributed by atoms with Crippen molar-refractivity contribution in [3.8, 4) is 0 Å². The molecule has 0 atom stereocenters. The summed E-state index contributed by atoms with van der Waals surface area (Å²) in [4.78, 5) is 20.0. The number of nitrogens with zero attached hydrogens (tertiary/aromatic N) is 1. The van der Waals surface area contributed by atoms with Gasteiger partial charge in [-0.1, -0.05) is 13.8 Å². The van der Waals surface area contributed by atoms with Crippen molar-refractivity contribution in [2.75, 3.05) is 19.8 Å². The van der Waals surface area contributed by atoms with Gasteiger partial charge in [0, 0.05) is 31.4 Å². The number of amides is 1. The molecule has 2 aliphatic rings. The molecule has 3 rings (SSSR count). The zero-order valence-corrected chi connectivity index (χ0v) is 11.6.